The monoisotopic (exact) mass is 304 g/mol. The van der Waals surface area contributed by atoms with Gasteiger partial charge in [-0.15, -0.1) is 11.3 Å². The first-order chi connectivity index (χ1) is 10.1. The molecule has 2 aromatic heterocycles. The van der Waals surface area contributed by atoms with Gasteiger partial charge in [0.25, 0.3) is 5.91 Å². The highest BCUT2D eigenvalue weighted by Gasteiger charge is 2.14. The van der Waals surface area contributed by atoms with Crippen LogP contribution in [0.3, 0.4) is 0 Å². The Balaban J connectivity index is 2.16. The van der Waals surface area contributed by atoms with E-state index in [0.29, 0.717) is 11.4 Å². The summed E-state index contributed by atoms with van der Waals surface area (Å²) in [7, 11) is 0. The van der Waals surface area contributed by atoms with Crippen molar-refractivity contribution in [1.29, 1.82) is 0 Å². The minimum atomic E-state index is -0.118. The van der Waals surface area contributed by atoms with Gasteiger partial charge in [-0.3, -0.25) is 4.79 Å². The number of pyridine rings is 1. The Morgan fingerprint density at radius 1 is 1.48 bits per heavy atom. The van der Waals surface area contributed by atoms with E-state index < -0.39 is 0 Å². The van der Waals surface area contributed by atoms with Gasteiger partial charge in [-0.1, -0.05) is 19.4 Å². The second-order valence-electron chi connectivity index (χ2n) is 4.84. The van der Waals surface area contributed by atoms with Crippen molar-refractivity contribution < 1.29 is 4.79 Å². The third-order valence-electron chi connectivity index (χ3n) is 3.11. The maximum Gasteiger partial charge on any atom is 0.251 e. The molecule has 0 aliphatic carbocycles. The molecule has 2 heterocycles. The van der Waals surface area contributed by atoms with Crippen molar-refractivity contribution in [2.24, 2.45) is 5.84 Å². The summed E-state index contributed by atoms with van der Waals surface area (Å²) in [6, 6.07) is 7.45. The van der Waals surface area contributed by atoms with Crippen molar-refractivity contribution in [3.8, 4) is 0 Å². The van der Waals surface area contributed by atoms with Crippen LogP contribution in [-0.4, -0.2) is 10.9 Å². The SMILES string of the molecule is CCCc1cc(C(=O)NC(C)c2cccs2)cc(NN)n1. The van der Waals surface area contributed by atoms with Gasteiger partial charge in [0.2, 0.25) is 0 Å². The number of hydrogen-bond acceptors (Lipinski definition) is 5. The van der Waals surface area contributed by atoms with Crippen LogP contribution in [0.1, 0.15) is 47.2 Å². The fourth-order valence-electron chi connectivity index (χ4n) is 2.07. The number of carbonyl (C=O) groups excluding carboxylic acids is 1. The quantitative estimate of drug-likeness (QED) is 0.566. The van der Waals surface area contributed by atoms with E-state index in [-0.39, 0.29) is 11.9 Å². The number of nitrogens with zero attached hydrogens (tertiary/aromatic N) is 1. The molecule has 0 spiro atoms. The number of hydrazine groups is 1. The molecule has 2 rings (SSSR count). The van der Waals surface area contributed by atoms with Crippen molar-refractivity contribution in [2.45, 2.75) is 32.7 Å². The Kier molecular flexibility index (Phi) is 5.30. The van der Waals surface area contributed by atoms with Crippen molar-refractivity contribution in [1.82, 2.24) is 10.3 Å². The van der Waals surface area contributed by atoms with Crippen LogP contribution in [0.15, 0.2) is 29.6 Å². The maximum atomic E-state index is 12.4. The fraction of sp³-hybridized carbons (Fsp3) is 0.333. The number of nitrogens with two attached hydrogens (primary N) is 1. The molecule has 0 aromatic carbocycles. The topological polar surface area (TPSA) is 80.0 Å². The Labute approximate surface area is 128 Å². The molecule has 0 saturated heterocycles. The van der Waals surface area contributed by atoms with Gasteiger partial charge < -0.3 is 10.7 Å². The molecule has 1 atom stereocenters. The van der Waals surface area contributed by atoms with Crippen LogP contribution in [0.2, 0.25) is 0 Å². The molecule has 6 heteroatoms. The van der Waals surface area contributed by atoms with E-state index in [1.54, 1.807) is 17.4 Å². The number of anilines is 1. The number of amides is 1. The van der Waals surface area contributed by atoms with Gasteiger partial charge in [-0.2, -0.15) is 0 Å². The largest absolute Gasteiger partial charge is 0.345 e. The first kappa shape index (κ1) is 15.5. The maximum absolute atomic E-state index is 12.4. The number of rotatable bonds is 6. The molecule has 0 fully saturated rings. The van der Waals surface area contributed by atoms with Crippen LogP contribution in [0.4, 0.5) is 5.82 Å². The lowest BCUT2D eigenvalue weighted by atomic mass is 10.1. The lowest BCUT2D eigenvalue weighted by Crippen LogP contribution is -2.26. The van der Waals surface area contributed by atoms with Gasteiger partial charge in [0, 0.05) is 16.1 Å². The summed E-state index contributed by atoms with van der Waals surface area (Å²) in [5.74, 6) is 5.81. The Morgan fingerprint density at radius 3 is 2.90 bits per heavy atom. The number of aryl methyl sites for hydroxylation is 1. The highest BCUT2D eigenvalue weighted by molar-refractivity contribution is 7.10. The van der Waals surface area contributed by atoms with Crippen molar-refractivity contribution >= 4 is 23.1 Å². The van der Waals surface area contributed by atoms with Crippen LogP contribution in [0.5, 0.6) is 0 Å². The number of nitrogen functional groups attached to an aromatic ring is 1. The van der Waals surface area contributed by atoms with Gasteiger partial charge >= 0.3 is 0 Å². The fourth-order valence-corrected chi connectivity index (χ4v) is 2.80. The van der Waals surface area contributed by atoms with Crippen molar-refractivity contribution in [3.63, 3.8) is 0 Å². The molecular weight excluding hydrogens is 284 g/mol. The average molecular weight is 304 g/mol. The third-order valence-corrected chi connectivity index (χ3v) is 4.17. The molecule has 112 valence electrons. The zero-order valence-corrected chi connectivity index (χ0v) is 13.0. The molecule has 0 saturated carbocycles. The summed E-state index contributed by atoms with van der Waals surface area (Å²) >= 11 is 1.63. The smallest absolute Gasteiger partial charge is 0.251 e. The van der Waals surface area contributed by atoms with Crippen molar-refractivity contribution in [3.05, 3.63) is 45.8 Å². The lowest BCUT2D eigenvalue weighted by Gasteiger charge is -2.13. The van der Waals surface area contributed by atoms with E-state index in [4.69, 9.17) is 5.84 Å². The molecule has 5 nitrogen and oxygen atoms in total. The number of hydrogen-bond donors (Lipinski definition) is 3. The van der Waals surface area contributed by atoms with E-state index in [9.17, 15) is 4.79 Å². The highest BCUT2D eigenvalue weighted by Crippen LogP contribution is 2.19. The van der Waals surface area contributed by atoms with Crippen LogP contribution in [0.25, 0.3) is 0 Å². The first-order valence-corrected chi connectivity index (χ1v) is 7.83. The summed E-state index contributed by atoms with van der Waals surface area (Å²) in [6.07, 6.45) is 1.78. The highest BCUT2D eigenvalue weighted by atomic mass is 32.1. The zero-order valence-electron chi connectivity index (χ0n) is 12.2. The molecule has 1 unspecified atom stereocenters. The molecule has 1 amide bonds. The van der Waals surface area contributed by atoms with Gasteiger partial charge in [-0.25, -0.2) is 10.8 Å². The second kappa shape index (κ2) is 7.19. The number of nitrogens with one attached hydrogen (secondary N) is 2. The zero-order chi connectivity index (χ0) is 15.2. The summed E-state index contributed by atoms with van der Waals surface area (Å²) in [6.45, 7) is 4.04. The second-order valence-corrected chi connectivity index (χ2v) is 5.82. The lowest BCUT2D eigenvalue weighted by molar-refractivity contribution is 0.0940. The average Bonchev–Trinajstić information content (AvgIpc) is 3.01. The van der Waals surface area contributed by atoms with Crippen LogP contribution < -0.4 is 16.6 Å². The molecular formula is C15H20N4OS. The third kappa shape index (κ3) is 4.03. The normalized spacial score (nSPS) is 12.0. The van der Waals surface area contributed by atoms with Gasteiger partial charge in [0.1, 0.15) is 5.82 Å². The van der Waals surface area contributed by atoms with E-state index in [1.165, 1.54) is 0 Å². The molecule has 2 aromatic rings. The molecule has 0 radical (unpaired) electrons. The Bertz CT molecular complexity index is 598. The summed E-state index contributed by atoms with van der Waals surface area (Å²) in [5, 5.41) is 4.99. The number of thiophene rings is 1. The Hall–Kier alpha value is -1.92. The van der Waals surface area contributed by atoms with E-state index >= 15 is 0 Å². The van der Waals surface area contributed by atoms with E-state index in [2.05, 4.69) is 22.7 Å². The van der Waals surface area contributed by atoms with Gasteiger partial charge in [-0.05, 0) is 36.9 Å². The molecule has 0 aliphatic heterocycles. The summed E-state index contributed by atoms with van der Waals surface area (Å²) in [4.78, 5) is 17.8. The minimum absolute atomic E-state index is 0.0189. The molecule has 0 aliphatic rings. The number of aromatic nitrogens is 1. The first-order valence-electron chi connectivity index (χ1n) is 6.96. The van der Waals surface area contributed by atoms with E-state index in [1.807, 2.05) is 30.5 Å². The van der Waals surface area contributed by atoms with Gasteiger partial charge in [0.15, 0.2) is 0 Å². The van der Waals surface area contributed by atoms with Gasteiger partial charge in [0.05, 0.1) is 6.04 Å². The van der Waals surface area contributed by atoms with Crippen molar-refractivity contribution in [2.75, 3.05) is 5.43 Å². The Morgan fingerprint density at radius 2 is 2.29 bits per heavy atom. The summed E-state index contributed by atoms with van der Waals surface area (Å²) < 4.78 is 0. The number of carbonyl (C=O) groups is 1. The molecule has 21 heavy (non-hydrogen) atoms. The predicted octanol–water partition coefficient (Wildman–Crippen LogP) is 2.87. The van der Waals surface area contributed by atoms with Crippen LogP contribution >= 0.6 is 11.3 Å². The summed E-state index contributed by atoms with van der Waals surface area (Å²) in [5.41, 5.74) is 3.95. The molecule has 4 N–H and O–H groups in total. The van der Waals surface area contributed by atoms with E-state index in [0.717, 1.165) is 23.4 Å². The van der Waals surface area contributed by atoms with Crippen LogP contribution in [0, 0.1) is 0 Å². The predicted molar refractivity (Wildman–Crippen MR) is 86.2 cm³/mol. The minimum Gasteiger partial charge on any atom is -0.345 e. The van der Waals surface area contributed by atoms with Crippen LogP contribution in [-0.2, 0) is 6.42 Å². The standard InChI is InChI=1S/C15H20N4OS/c1-3-5-12-8-11(9-14(18-12)19-16)15(20)17-10(2)13-6-4-7-21-13/h4,6-10H,3,5,16H2,1-2H3,(H,17,20)(H,18,19). The molecule has 0 bridgehead atoms.